The molecular formula is C26H20N2O3S. The van der Waals surface area contributed by atoms with Crippen molar-refractivity contribution in [1.82, 2.24) is 4.98 Å². The Morgan fingerprint density at radius 1 is 0.969 bits per heavy atom. The van der Waals surface area contributed by atoms with E-state index in [1.165, 1.54) is 11.3 Å². The third-order valence-corrected chi connectivity index (χ3v) is 6.23. The molecule has 32 heavy (non-hydrogen) atoms. The van der Waals surface area contributed by atoms with Crippen molar-refractivity contribution in [1.29, 1.82) is 0 Å². The maximum absolute atomic E-state index is 13.5. The minimum absolute atomic E-state index is 0.132. The van der Waals surface area contributed by atoms with Crippen molar-refractivity contribution in [2.45, 2.75) is 6.54 Å². The molecule has 5 nitrogen and oxygen atoms in total. The van der Waals surface area contributed by atoms with Crippen LogP contribution in [0.15, 0.2) is 95.6 Å². The van der Waals surface area contributed by atoms with Gasteiger partial charge in [-0.15, -0.1) is 0 Å². The van der Waals surface area contributed by atoms with E-state index < -0.39 is 0 Å². The van der Waals surface area contributed by atoms with Crippen molar-refractivity contribution < 1.29 is 13.9 Å². The van der Waals surface area contributed by atoms with Gasteiger partial charge >= 0.3 is 0 Å². The molecule has 0 bridgehead atoms. The molecule has 0 fully saturated rings. The van der Waals surface area contributed by atoms with Gasteiger partial charge in [0.25, 0.3) is 5.91 Å². The average Bonchev–Trinajstić information content (AvgIpc) is 3.52. The van der Waals surface area contributed by atoms with Crippen LogP contribution in [0.4, 0.5) is 5.13 Å². The van der Waals surface area contributed by atoms with Crippen molar-refractivity contribution in [3.63, 3.8) is 0 Å². The van der Waals surface area contributed by atoms with Gasteiger partial charge in [-0.3, -0.25) is 9.69 Å². The Balaban J connectivity index is 1.50. The van der Waals surface area contributed by atoms with Crippen LogP contribution in [0.3, 0.4) is 0 Å². The minimum Gasteiger partial charge on any atom is -0.497 e. The largest absolute Gasteiger partial charge is 0.497 e. The number of nitrogens with zero attached hydrogens (tertiary/aromatic N) is 2. The summed E-state index contributed by atoms with van der Waals surface area (Å²) in [5.74, 6) is 1.32. The third kappa shape index (κ3) is 4.00. The summed E-state index contributed by atoms with van der Waals surface area (Å²) in [4.78, 5) is 19.9. The van der Waals surface area contributed by atoms with Crippen LogP contribution in [0.2, 0.25) is 0 Å². The number of rotatable bonds is 6. The SMILES string of the molecule is COc1ccc2nc(N(Cc3ccco3)C(=O)c3ccc(-c4ccccc4)cc3)sc2c1. The molecular weight excluding hydrogens is 420 g/mol. The number of fused-ring (bicyclic) bond motifs is 1. The van der Waals surface area contributed by atoms with Crippen molar-refractivity contribution in [2.75, 3.05) is 12.0 Å². The molecule has 0 N–H and O–H groups in total. The molecule has 0 saturated carbocycles. The molecule has 6 heteroatoms. The predicted octanol–water partition coefficient (Wildman–Crippen LogP) is 6.41. The second-order valence-corrected chi connectivity index (χ2v) is 8.25. The normalized spacial score (nSPS) is 10.9. The Labute approximate surface area is 189 Å². The standard InChI is InChI=1S/C26H20N2O3S/c1-30-21-13-14-23-24(16-21)32-26(27-23)28(17-22-8-5-15-31-22)25(29)20-11-9-19(10-12-20)18-6-3-2-4-7-18/h2-16H,17H2,1H3. The second-order valence-electron chi connectivity index (χ2n) is 7.24. The van der Waals surface area contributed by atoms with Crippen LogP contribution in [0.1, 0.15) is 16.1 Å². The molecule has 0 aliphatic heterocycles. The van der Waals surface area contributed by atoms with E-state index in [0.29, 0.717) is 23.0 Å². The molecule has 1 amide bonds. The Hall–Kier alpha value is -3.90. The summed E-state index contributed by atoms with van der Waals surface area (Å²) in [6.45, 7) is 0.295. The van der Waals surface area contributed by atoms with E-state index in [2.05, 4.69) is 12.1 Å². The zero-order valence-electron chi connectivity index (χ0n) is 17.4. The lowest BCUT2D eigenvalue weighted by molar-refractivity contribution is 0.0983. The molecule has 5 rings (SSSR count). The van der Waals surface area contributed by atoms with Crippen LogP contribution in [0, 0.1) is 0 Å². The Morgan fingerprint density at radius 2 is 1.75 bits per heavy atom. The highest BCUT2D eigenvalue weighted by Crippen LogP contribution is 2.33. The van der Waals surface area contributed by atoms with Gasteiger partial charge in [-0.2, -0.15) is 0 Å². The molecule has 3 aromatic carbocycles. The molecule has 2 aromatic heterocycles. The lowest BCUT2D eigenvalue weighted by atomic mass is 10.0. The summed E-state index contributed by atoms with van der Waals surface area (Å²) in [5, 5.41) is 0.613. The zero-order valence-corrected chi connectivity index (χ0v) is 18.2. The number of carbonyl (C=O) groups is 1. The Bertz CT molecular complexity index is 1340. The van der Waals surface area contributed by atoms with E-state index in [-0.39, 0.29) is 5.91 Å². The highest BCUT2D eigenvalue weighted by Gasteiger charge is 2.23. The molecule has 0 aliphatic rings. The Morgan fingerprint density at radius 3 is 2.47 bits per heavy atom. The maximum Gasteiger partial charge on any atom is 0.260 e. The zero-order chi connectivity index (χ0) is 21.9. The van der Waals surface area contributed by atoms with Gasteiger partial charge in [0, 0.05) is 5.56 Å². The lowest BCUT2D eigenvalue weighted by Crippen LogP contribution is -2.30. The number of aromatic nitrogens is 1. The number of benzene rings is 3. The molecule has 158 valence electrons. The van der Waals surface area contributed by atoms with Crippen LogP contribution < -0.4 is 9.64 Å². The highest BCUT2D eigenvalue weighted by molar-refractivity contribution is 7.22. The smallest absolute Gasteiger partial charge is 0.260 e. The fourth-order valence-electron chi connectivity index (χ4n) is 3.51. The van der Waals surface area contributed by atoms with Gasteiger partial charge in [-0.05, 0) is 53.6 Å². The van der Waals surface area contributed by atoms with Crippen LogP contribution in [-0.4, -0.2) is 18.0 Å². The first-order chi connectivity index (χ1) is 15.7. The molecule has 0 spiro atoms. The first-order valence-electron chi connectivity index (χ1n) is 10.2. The number of ether oxygens (including phenoxy) is 1. The number of carbonyl (C=O) groups excluding carboxylic acids is 1. The van der Waals surface area contributed by atoms with Crippen LogP contribution in [0.5, 0.6) is 5.75 Å². The predicted molar refractivity (Wildman–Crippen MR) is 127 cm³/mol. The van der Waals surface area contributed by atoms with E-state index in [4.69, 9.17) is 14.1 Å². The van der Waals surface area contributed by atoms with E-state index in [9.17, 15) is 4.79 Å². The van der Waals surface area contributed by atoms with Crippen molar-refractivity contribution in [3.8, 4) is 16.9 Å². The minimum atomic E-state index is -0.132. The van der Waals surface area contributed by atoms with Crippen molar-refractivity contribution in [3.05, 3.63) is 103 Å². The van der Waals surface area contributed by atoms with Gasteiger partial charge in [-0.1, -0.05) is 53.8 Å². The maximum atomic E-state index is 13.5. The molecule has 5 aromatic rings. The summed E-state index contributed by atoms with van der Waals surface area (Å²) in [5.41, 5.74) is 3.58. The molecule has 0 aliphatic carbocycles. The van der Waals surface area contributed by atoms with Crippen molar-refractivity contribution in [2.24, 2.45) is 0 Å². The van der Waals surface area contributed by atoms with Crippen LogP contribution >= 0.6 is 11.3 Å². The Kier molecular flexibility index (Phi) is 5.44. The van der Waals surface area contributed by atoms with Crippen molar-refractivity contribution >= 4 is 32.6 Å². The van der Waals surface area contributed by atoms with Gasteiger partial charge in [0.2, 0.25) is 0 Å². The van der Waals surface area contributed by atoms with Gasteiger partial charge in [0.05, 0.1) is 30.1 Å². The second kappa shape index (κ2) is 8.69. The highest BCUT2D eigenvalue weighted by atomic mass is 32.1. The van der Waals surface area contributed by atoms with E-state index in [1.54, 1.807) is 18.3 Å². The summed E-state index contributed by atoms with van der Waals surface area (Å²) in [7, 11) is 1.63. The number of furan rings is 1. The average molecular weight is 441 g/mol. The molecule has 0 atom stereocenters. The summed E-state index contributed by atoms with van der Waals surface area (Å²) in [6, 6.07) is 27.1. The third-order valence-electron chi connectivity index (χ3n) is 5.19. The van der Waals surface area contributed by atoms with Crippen LogP contribution in [-0.2, 0) is 6.54 Å². The number of anilines is 1. The van der Waals surface area contributed by atoms with E-state index >= 15 is 0 Å². The van der Waals surface area contributed by atoms with E-state index in [1.807, 2.05) is 72.8 Å². The quantitative estimate of drug-likeness (QED) is 0.306. The molecule has 0 radical (unpaired) electrons. The van der Waals surface area contributed by atoms with Gasteiger partial charge < -0.3 is 9.15 Å². The summed E-state index contributed by atoms with van der Waals surface area (Å²) < 4.78 is 11.8. The number of thiazole rings is 1. The number of amides is 1. The topological polar surface area (TPSA) is 55.6 Å². The number of hydrogen-bond donors (Lipinski definition) is 0. The molecule has 2 heterocycles. The first-order valence-corrected chi connectivity index (χ1v) is 11.0. The summed E-state index contributed by atoms with van der Waals surface area (Å²) >= 11 is 1.45. The van der Waals surface area contributed by atoms with E-state index in [0.717, 1.165) is 27.1 Å². The fraction of sp³-hybridized carbons (Fsp3) is 0.0769. The van der Waals surface area contributed by atoms with Crippen LogP contribution in [0.25, 0.3) is 21.3 Å². The van der Waals surface area contributed by atoms with Gasteiger partial charge in [0.1, 0.15) is 11.5 Å². The van der Waals surface area contributed by atoms with Gasteiger partial charge in [-0.25, -0.2) is 4.98 Å². The summed E-state index contributed by atoms with van der Waals surface area (Å²) in [6.07, 6.45) is 1.61. The van der Waals surface area contributed by atoms with Gasteiger partial charge in [0.15, 0.2) is 5.13 Å². The molecule has 0 unspecified atom stereocenters. The molecule has 0 saturated heterocycles. The lowest BCUT2D eigenvalue weighted by Gasteiger charge is -2.19. The number of hydrogen-bond acceptors (Lipinski definition) is 5. The fourth-order valence-corrected chi connectivity index (χ4v) is 4.50. The first kappa shape index (κ1) is 20.0. The number of methoxy groups -OCH3 is 1. The monoisotopic (exact) mass is 440 g/mol.